The SMILES string of the molecule is CSc1nc2cc(-c3ccco3)ccc2s1. The molecule has 2 aromatic heterocycles. The molecule has 80 valence electrons. The van der Waals surface area contributed by atoms with Crippen LogP contribution in [0, 0.1) is 0 Å². The van der Waals surface area contributed by atoms with Crippen molar-refractivity contribution in [2.24, 2.45) is 0 Å². The summed E-state index contributed by atoms with van der Waals surface area (Å²) in [5.41, 5.74) is 2.12. The minimum atomic E-state index is 0.889. The van der Waals surface area contributed by atoms with Crippen molar-refractivity contribution < 1.29 is 4.42 Å². The van der Waals surface area contributed by atoms with E-state index in [1.807, 2.05) is 18.4 Å². The van der Waals surface area contributed by atoms with Crippen LogP contribution in [0.4, 0.5) is 0 Å². The molecule has 0 radical (unpaired) electrons. The van der Waals surface area contributed by atoms with Crippen LogP contribution < -0.4 is 0 Å². The molecule has 0 unspecified atom stereocenters. The van der Waals surface area contributed by atoms with E-state index >= 15 is 0 Å². The lowest BCUT2D eigenvalue weighted by Crippen LogP contribution is -1.74. The molecule has 0 saturated carbocycles. The first-order valence-corrected chi connectivity index (χ1v) is 6.89. The zero-order valence-electron chi connectivity index (χ0n) is 8.64. The van der Waals surface area contributed by atoms with Crippen molar-refractivity contribution in [3.63, 3.8) is 0 Å². The number of nitrogens with zero attached hydrogens (tertiary/aromatic N) is 1. The van der Waals surface area contributed by atoms with Gasteiger partial charge in [0.2, 0.25) is 0 Å². The zero-order valence-corrected chi connectivity index (χ0v) is 10.3. The zero-order chi connectivity index (χ0) is 11.0. The fraction of sp³-hybridized carbons (Fsp3) is 0.0833. The predicted molar refractivity (Wildman–Crippen MR) is 69.1 cm³/mol. The molecule has 0 aliphatic carbocycles. The van der Waals surface area contributed by atoms with Gasteiger partial charge in [-0.1, -0.05) is 11.8 Å². The first-order chi connectivity index (χ1) is 7.86. The summed E-state index contributed by atoms with van der Waals surface area (Å²) in [6.45, 7) is 0. The first-order valence-electron chi connectivity index (χ1n) is 4.85. The van der Waals surface area contributed by atoms with Crippen LogP contribution in [0.15, 0.2) is 45.4 Å². The van der Waals surface area contributed by atoms with Crippen molar-refractivity contribution in [3.8, 4) is 11.3 Å². The van der Waals surface area contributed by atoms with Crippen molar-refractivity contribution in [2.45, 2.75) is 4.34 Å². The van der Waals surface area contributed by atoms with Gasteiger partial charge in [0, 0.05) is 5.56 Å². The summed E-state index contributed by atoms with van der Waals surface area (Å²) in [5, 5.41) is 0. The Morgan fingerprint density at radius 2 is 2.25 bits per heavy atom. The lowest BCUT2D eigenvalue weighted by molar-refractivity contribution is 0.582. The third-order valence-corrected chi connectivity index (χ3v) is 4.37. The number of furan rings is 1. The van der Waals surface area contributed by atoms with Gasteiger partial charge in [0.05, 0.1) is 16.5 Å². The average molecular weight is 247 g/mol. The maximum Gasteiger partial charge on any atom is 0.150 e. The highest BCUT2D eigenvalue weighted by molar-refractivity contribution is 8.00. The summed E-state index contributed by atoms with van der Waals surface area (Å²) in [5.74, 6) is 0.889. The molecular formula is C12H9NOS2. The number of aromatic nitrogens is 1. The van der Waals surface area contributed by atoms with Gasteiger partial charge < -0.3 is 4.42 Å². The van der Waals surface area contributed by atoms with Gasteiger partial charge in [0.15, 0.2) is 4.34 Å². The minimum absolute atomic E-state index is 0.889. The van der Waals surface area contributed by atoms with Gasteiger partial charge in [-0.15, -0.1) is 11.3 Å². The van der Waals surface area contributed by atoms with Gasteiger partial charge in [-0.05, 0) is 36.6 Å². The van der Waals surface area contributed by atoms with Crippen LogP contribution in [0.5, 0.6) is 0 Å². The van der Waals surface area contributed by atoms with E-state index in [2.05, 4.69) is 23.2 Å². The molecule has 0 saturated heterocycles. The van der Waals surface area contributed by atoms with Gasteiger partial charge >= 0.3 is 0 Å². The summed E-state index contributed by atoms with van der Waals surface area (Å²) < 4.78 is 7.70. The van der Waals surface area contributed by atoms with Crippen LogP contribution in [0.1, 0.15) is 0 Å². The number of hydrogen-bond acceptors (Lipinski definition) is 4. The Bertz CT molecular complexity index is 613. The Morgan fingerprint density at radius 3 is 3.00 bits per heavy atom. The molecule has 1 aromatic carbocycles. The third-order valence-electron chi connectivity index (χ3n) is 2.35. The number of rotatable bonds is 2. The number of hydrogen-bond donors (Lipinski definition) is 0. The van der Waals surface area contributed by atoms with E-state index in [9.17, 15) is 0 Å². The molecule has 3 rings (SSSR count). The lowest BCUT2D eigenvalue weighted by atomic mass is 10.1. The van der Waals surface area contributed by atoms with Gasteiger partial charge in [0.25, 0.3) is 0 Å². The number of thioether (sulfide) groups is 1. The molecule has 0 bridgehead atoms. The van der Waals surface area contributed by atoms with Crippen LogP contribution in [-0.2, 0) is 0 Å². The monoisotopic (exact) mass is 247 g/mol. The van der Waals surface area contributed by atoms with Crippen molar-refractivity contribution in [3.05, 3.63) is 36.6 Å². The second-order valence-corrected chi connectivity index (χ2v) is 5.43. The smallest absolute Gasteiger partial charge is 0.150 e. The molecule has 0 amide bonds. The van der Waals surface area contributed by atoms with Crippen LogP contribution in [0.3, 0.4) is 0 Å². The molecule has 2 heterocycles. The summed E-state index contributed by atoms with van der Waals surface area (Å²) >= 11 is 3.41. The molecule has 0 fully saturated rings. The molecule has 3 aromatic rings. The van der Waals surface area contributed by atoms with Crippen molar-refractivity contribution in [2.75, 3.05) is 6.26 Å². The quantitative estimate of drug-likeness (QED) is 0.632. The fourth-order valence-electron chi connectivity index (χ4n) is 1.59. The highest BCUT2D eigenvalue weighted by Crippen LogP contribution is 2.31. The molecule has 2 nitrogen and oxygen atoms in total. The first kappa shape index (κ1) is 9.93. The molecule has 0 aliphatic heterocycles. The molecule has 0 N–H and O–H groups in total. The van der Waals surface area contributed by atoms with E-state index in [1.54, 1.807) is 29.4 Å². The molecule has 0 atom stereocenters. The van der Waals surface area contributed by atoms with Crippen molar-refractivity contribution >= 4 is 33.3 Å². The molecule has 4 heteroatoms. The average Bonchev–Trinajstić information content (AvgIpc) is 2.96. The predicted octanol–water partition coefficient (Wildman–Crippen LogP) is 4.28. The van der Waals surface area contributed by atoms with Gasteiger partial charge in [-0.25, -0.2) is 4.98 Å². The molecular weight excluding hydrogens is 238 g/mol. The van der Waals surface area contributed by atoms with Crippen LogP contribution in [0.25, 0.3) is 21.5 Å². The van der Waals surface area contributed by atoms with E-state index in [0.717, 1.165) is 21.2 Å². The Labute approximate surface area is 101 Å². The molecule has 0 aliphatic rings. The van der Waals surface area contributed by atoms with E-state index < -0.39 is 0 Å². The summed E-state index contributed by atoms with van der Waals surface area (Å²) in [4.78, 5) is 4.54. The van der Waals surface area contributed by atoms with E-state index in [1.165, 1.54) is 4.70 Å². The Balaban J connectivity index is 2.15. The second-order valence-electron chi connectivity index (χ2n) is 3.34. The molecule has 16 heavy (non-hydrogen) atoms. The van der Waals surface area contributed by atoms with Gasteiger partial charge in [-0.3, -0.25) is 0 Å². The third kappa shape index (κ3) is 1.64. The second kappa shape index (κ2) is 3.96. The fourth-order valence-corrected chi connectivity index (χ4v) is 3.06. The summed E-state index contributed by atoms with van der Waals surface area (Å²) in [7, 11) is 0. The Hall–Kier alpha value is -1.26. The van der Waals surface area contributed by atoms with Crippen molar-refractivity contribution in [1.29, 1.82) is 0 Å². The van der Waals surface area contributed by atoms with E-state index in [4.69, 9.17) is 4.42 Å². The number of thiazole rings is 1. The van der Waals surface area contributed by atoms with Crippen molar-refractivity contribution in [1.82, 2.24) is 4.98 Å². The maximum atomic E-state index is 5.37. The highest BCUT2D eigenvalue weighted by atomic mass is 32.2. The van der Waals surface area contributed by atoms with E-state index in [0.29, 0.717) is 0 Å². The van der Waals surface area contributed by atoms with Gasteiger partial charge in [-0.2, -0.15) is 0 Å². The summed E-state index contributed by atoms with van der Waals surface area (Å²) in [6, 6.07) is 10.1. The maximum absolute atomic E-state index is 5.37. The van der Waals surface area contributed by atoms with Gasteiger partial charge in [0.1, 0.15) is 5.76 Å². The standard InChI is InChI=1S/C12H9NOS2/c1-15-12-13-9-7-8(4-5-11(9)16-12)10-3-2-6-14-10/h2-7H,1H3. The van der Waals surface area contributed by atoms with Crippen LogP contribution in [-0.4, -0.2) is 11.2 Å². The lowest BCUT2D eigenvalue weighted by Gasteiger charge is -1.95. The number of fused-ring (bicyclic) bond motifs is 1. The Morgan fingerprint density at radius 1 is 1.31 bits per heavy atom. The normalized spacial score (nSPS) is 11.1. The van der Waals surface area contributed by atoms with Crippen LogP contribution >= 0.6 is 23.1 Å². The topological polar surface area (TPSA) is 26.0 Å². The van der Waals surface area contributed by atoms with E-state index in [-0.39, 0.29) is 0 Å². The summed E-state index contributed by atoms with van der Waals surface area (Å²) in [6.07, 6.45) is 3.74. The largest absolute Gasteiger partial charge is 0.464 e. The minimum Gasteiger partial charge on any atom is -0.464 e. The Kier molecular flexibility index (Phi) is 2.46. The number of benzene rings is 1. The molecule has 0 spiro atoms. The highest BCUT2D eigenvalue weighted by Gasteiger charge is 2.06. The van der Waals surface area contributed by atoms with Crippen LogP contribution in [0.2, 0.25) is 0 Å².